The molecule has 24 heavy (non-hydrogen) atoms. The molecule has 0 aliphatic rings. The zero-order valence-electron chi connectivity index (χ0n) is 14.8. The molecule has 0 unspecified atom stereocenters. The molecule has 0 saturated carbocycles. The summed E-state index contributed by atoms with van der Waals surface area (Å²) in [6, 6.07) is 7.28. The van der Waals surface area contributed by atoms with Gasteiger partial charge in [0.05, 0.1) is 12.8 Å². The molecule has 0 fully saturated rings. The number of aromatic nitrogens is 2. The summed E-state index contributed by atoms with van der Waals surface area (Å²) < 4.78 is 5.29. The van der Waals surface area contributed by atoms with Crippen LogP contribution in [0.4, 0.5) is 11.6 Å². The number of anilines is 2. The highest BCUT2D eigenvalue weighted by atomic mass is 16.5. The van der Waals surface area contributed by atoms with Gasteiger partial charge >= 0.3 is 0 Å². The van der Waals surface area contributed by atoms with Crippen LogP contribution in [0, 0.1) is 19.8 Å². The van der Waals surface area contributed by atoms with Crippen LogP contribution in [-0.4, -0.2) is 29.5 Å². The topological polar surface area (TPSA) is 76.1 Å². The van der Waals surface area contributed by atoms with Crippen LogP contribution in [0.1, 0.15) is 35.6 Å². The summed E-state index contributed by atoms with van der Waals surface area (Å²) in [5, 5.41) is 6.00. The van der Waals surface area contributed by atoms with Crippen LogP contribution in [0.25, 0.3) is 0 Å². The van der Waals surface area contributed by atoms with E-state index in [0.717, 1.165) is 17.8 Å². The number of aryl methyl sites for hydroxylation is 2. The smallest absolute Gasteiger partial charge is 0.274 e. The zero-order valence-corrected chi connectivity index (χ0v) is 14.8. The third-order valence-electron chi connectivity index (χ3n) is 3.36. The second kappa shape index (κ2) is 7.77. The maximum Gasteiger partial charge on any atom is 0.274 e. The quantitative estimate of drug-likeness (QED) is 0.849. The van der Waals surface area contributed by atoms with Crippen molar-refractivity contribution in [3.05, 3.63) is 41.2 Å². The van der Waals surface area contributed by atoms with Crippen LogP contribution in [0.2, 0.25) is 0 Å². The molecular weight excluding hydrogens is 304 g/mol. The van der Waals surface area contributed by atoms with E-state index in [1.54, 1.807) is 13.2 Å². The molecule has 0 saturated heterocycles. The lowest BCUT2D eigenvalue weighted by atomic mass is 10.2. The lowest BCUT2D eigenvalue weighted by Gasteiger charge is -2.12. The summed E-state index contributed by atoms with van der Waals surface area (Å²) in [5.41, 5.74) is 2.70. The highest BCUT2D eigenvalue weighted by Gasteiger charge is 2.13. The van der Waals surface area contributed by atoms with Crippen LogP contribution in [0.5, 0.6) is 5.75 Å². The SMILES string of the molecule is COc1ccc(C)cc1NC(=O)c1cc(C)nc(NCC(C)C)n1. The van der Waals surface area contributed by atoms with Crippen molar-refractivity contribution in [2.24, 2.45) is 5.92 Å². The van der Waals surface area contributed by atoms with Crippen molar-refractivity contribution < 1.29 is 9.53 Å². The van der Waals surface area contributed by atoms with Crippen LogP contribution >= 0.6 is 0 Å². The summed E-state index contributed by atoms with van der Waals surface area (Å²) in [6.45, 7) is 8.74. The van der Waals surface area contributed by atoms with Gasteiger partial charge in [0, 0.05) is 12.2 Å². The third-order valence-corrected chi connectivity index (χ3v) is 3.36. The van der Waals surface area contributed by atoms with E-state index in [1.807, 2.05) is 32.0 Å². The summed E-state index contributed by atoms with van der Waals surface area (Å²) in [5.74, 6) is 1.24. The Balaban J connectivity index is 2.22. The molecule has 6 heteroatoms. The van der Waals surface area contributed by atoms with Crippen LogP contribution in [0.15, 0.2) is 24.3 Å². The van der Waals surface area contributed by atoms with Gasteiger partial charge in [0.1, 0.15) is 11.4 Å². The molecule has 0 bridgehead atoms. The molecule has 1 amide bonds. The Labute approximate surface area is 142 Å². The largest absolute Gasteiger partial charge is 0.495 e. The maximum absolute atomic E-state index is 12.6. The maximum atomic E-state index is 12.6. The number of hydrogen-bond acceptors (Lipinski definition) is 5. The minimum atomic E-state index is -0.294. The number of nitrogens with one attached hydrogen (secondary N) is 2. The summed E-state index contributed by atoms with van der Waals surface area (Å²) >= 11 is 0. The second-order valence-electron chi connectivity index (χ2n) is 6.15. The summed E-state index contributed by atoms with van der Waals surface area (Å²) in [6.07, 6.45) is 0. The van der Waals surface area contributed by atoms with E-state index < -0.39 is 0 Å². The van der Waals surface area contributed by atoms with Gasteiger partial charge in [-0.15, -0.1) is 0 Å². The highest BCUT2D eigenvalue weighted by molar-refractivity contribution is 6.04. The molecule has 1 aromatic carbocycles. The zero-order chi connectivity index (χ0) is 17.7. The van der Waals surface area contributed by atoms with E-state index in [4.69, 9.17) is 4.74 Å². The molecule has 0 aliphatic heterocycles. The number of amides is 1. The monoisotopic (exact) mass is 328 g/mol. The standard InChI is InChI=1S/C18H24N4O2/c1-11(2)10-19-18-20-13(4)9-15(22-18)17(23)21-14-8-12(3)6-7-16(14)24-5/h6-9,11H,10H2,1-5H3,(H,21,23)(H,19,20,22). The predicted molar refractivity (Wildman–Crippen MR) is 95.8 cm³/mol. The molecule has 1 aromatic heterocycles. The van der Waals surface area contributed by atoms with E-state index in [0.29, 0.717) is 29.0 Å². The Morgan fingerprint density at radius 3 is 2.62 bits per heavy atom. The number of rotatable bonds is 6. The number of benzene rings is 1. The van der Waals surface area contributed by atoms with Gasteiger partial charge in [0.2, 0.25) is 5.95 Å². The van der Waals surface area contributed by atoms with Gasteiger partial charge in [-0.2, -0.15) is 0 Å². The van der Waals surface area contributed by atoms with Gasteiger partial charge in [-0.3, -0.25) is 4.79 Å². The predicted octanol–water partition coefficient (Wildman–Crippen LogP) is 3.42. The minimum Gasteiger partial charge on any atom is -0.495 e. The van der Waals surface area contributed by atoms with Crippen LogP contribution in [-0.2, 0) is 0 Å². The van der Waals surface area contributed by atoms with Gasteiger partial charge in [0.15, 0.2) is 0 Å². The molecule has 0 spiro atoms. The van der Waals surface area contributed by atoms with Crippen molar-refractivity contribution in [1.82, 2.24) is 9.97 Å². The van der Waals surface area contributed by atoms with Crippen molar-refractivity contribution in [3.8, 4) is 5.75 Å². The van der Waals surface area contributed by atoms with Crippen molar-refractivity contribution in [3.63, 3.8) is 0 Å². The van der Waals surface area contributed by atoms with Crippen molar-refractivity contribution in [1.29, 1.82) is 0 Å². The van der Waals surface area contributed by atoms with Gasteiger partial charge in [-0.25, -0.2) is 9.97 Å². The number of methoxy groups -OCH3 is 1. The van der Waals surface area contributed by atoms with E-state index in [1.165, 1.54) is 0 Å². The lowest BCUT2D eigenvalue weighted by molar-refractivity contribution is 0.102. The van der Waals surface area contributed by atoms with E-state index in [9.17, 15) is 4.79 Å². The number of ether oxygens (including phenoxy) is 1. The molecule has 0 radical (unpaired) electrons. The van der Waals surface area contributed by atoms with E-state index >= 15 is 0 Å². The number of nitrogens with zero attached hydrogens (tertiary/aromatic N) is 2. The molecule has 2 N–H and O–H groups in total. The highest BCUT2D eigenvalue weighted by Crippen LogP contribution is 2.25. The molecule has 1 heterocycles. The molecular formula is C18H24N4O2. The van der Waals surface area contributed by atoms with Crippen molar-refractivity contribution in [2.75, 3.05) is 24.3 Å². The summed E-state index contributed by atoms with van der Waals surface area (Å²) in [4.78, 5) is 21.2. The first-order chi connectivity index (χ1) is 11.4. The van der Waals surface area contributed by atoms with Crippen LogP contribution in [0.3, 0.4) is 0 Å². The Kier molecular flexibility index (Phi) is 5.73. The molecule has 0 atom stereocenters. The Morgan fingerprint density at radius 2 is 1.96 bits per heavy atom. The molecule has 6 nitrogen and oxygen atoms in total. The fraction of sp³-hybridized carbons (Fsp3) is 0.389. The molecule has 2 aromatic rings. The first kappa shape index (κ1) is 17.7. The summed E-state index contributed by atoms with van der Waals surface area (Å²) in [7, 11) is 1.57. The Hall–Kier alpha value is -2.63. The van der Waals surface area contributed by atoms with Crippen molar-refractivity contribution >= 4 is 17.5 Å². The Bertz CT molecular complexity index is 729. The first-order valence-corrected chi connectivity index (χ1v) is 7.94. The fourth-order valence-electron chi connectivity index (χ4n) is 2.17. The average Bonchev–Trinajstić information content (AvgIpc) is 2.52. The number of carbonyl (C=O) groups is 1. The Morgan fingerprint density at radius 1 is 1.21 bits per heavy atom. The van der Waals surface area contributed by atoms with E-state index in [2.05, 4.69) is 34.4 Å². The molecule has 128 valence electrons. The third kappa shape index (κ3) is 4.68. The van der Waals surface area contributed by atoms with Crippen molar-refractivity contribution in [2.45, 2.75) is 27.7 Å². The normalized spacial score (nSPS) is 10.6. The van der Waals surface area contributed by atoms with Gasteiger partial charge in [-0.05, 0) is 43.5 Å². The second-order valence-corrected chi connectivity index (χ2v) is 6.15. The number of carbonyl (C=O) groups excluding carboxylic acids is 1. The van der Waals surface area contributed by atoms with Gasteiger partial charge in [0.25, 0.3) is 5.91 Å². The van der Waals surface area contributed by atoms with E-state index in [-0.39, 0.29) is 5.91 Å². The first-order valence-electron chi connectivity index (χ1n) is 7.94. The molecule has 0 aliphatic carbocycles. The van der Waals surface area contributed by atoms with Crippen LogP contribution < -0.4 is 15.4 Å². The minimum absolute atomic E-state index is 0.294. The number of hydrogen-bond donors (Lipinski definition) is 2. The lowest BCUT2D eigenvalue weighted by Crippen LogP contribution is -2.18. The average molecular weight is 328 g/mol. The van der Waals surface area contributed by atoms with Gasteiger partial charge < -0.3 is 15.4 Å². The fourth-order valence-corrected chi connectivity index (χ4v) is 2.17. The van der Waals surface area contributed by atoms with Gasteiger partial charge in [-0.1, -0.05) is 19.9 Å². The molecule has 2 rings (SSSR count).